The average molecular weight is 276 g/mol. The van der Waals surface area contributed by atoms with Crippen molar-refractivity contribution in [2.75, 3.05) is 0 Å². The fourth-order valence-electron chi connectivity index (χ4n) is 2.09. The molecule has 0 bridgehead atoms. The molecule has 1 aliphatic carbocycles. The third-order valence-corrected chi connectivity index (χ3v) is 3.97. The van der Waals surface area contributed by atoms with Crippen LogP contribution in [0.2, 0.25) is 10.0 Å². The van der Waals surface area contributed by atoms with Crippen molar-refractivity contribution in [3.8, 4) is 0 Å². The highest BCUT2D eigenvalue weighted by Crippen LogP contribution is 2.34. The molecule has 2 rings (SSSR count). The highest BCUT2D eigenvalue weighted by Gasteiger charge is 2.29. The first-order chi connectivity index (χ1) is 7.99. The number of benzene rings is 1. The molecule has 2 unspecified atom stereocenters. The van der Waals surface area contributed by atoms with Crippen LogP contribution in [0, 0.1) is 11.7 Å². The highest BCUT2D eigenvalue weighted by atomic mass is 35.5. The Morgan fingerprint density at radius 2 is 1.88 bits per heavy atom. The predicted molar refractivity (Wildman–Crippen MR) is 70.2 cm³/mol. The van der Waals surface area contributed by atoms with Crippen LogP contribution in [-0.2, 0) is 0 Å². The monoisotopic (exact) mass is 275 g/mol. The van der Waals surface area contributed by atoms with E-state index in [1.807, 2.05) is 6.92 Å². The van der Waals surface area contributed by atoms with Gasteiger partial charge in [0.05, 0.1) is 5.02 Å². The molecule has 94 valence electrons. The molecular formula is C13H16Cl2FN. The minimum atomic E-state index is -0.418. The molecule has 1 aromatic carbocycles. The Balaban J connectivity index is 2.12. The lowest BCUT2D eigenvalue weighted by Gasteiger charge is -2.21. The Kier molecular flexibility index (Phi) is 3.96. The van der Waals surface area contributed by atoms with Gasteiger partial charge in [0, 0.05) is 17.1 Å². The highest BCUT2D eigenvalue weighted by molar-refractivity contribution is 6.35. The molecule has 1 nitrogen and oxygen atoms in total. The molecule has 17 heavy (non-hydrogen) atoms. The maximum atomic E-state index is 13.4. The topological polar surface area (TPSA) is 12.0 Å². The molecule has 0 aliphatic heterocycles. The van der Waals surface area contributed by atoms with Crippen molar-refractivity contribution in [1.29, 1.82) is 0 Å². The van der Waals surface area contributed by atoms with Gasteiger partial charge in [-0.15, -0.1) is 0 Å². The summed E-state index contributed by atoms with van der Waals surface area (Å²) in [7, 11) is 0. The van der Waals surface area contributed by atoms with Crippen LogP contribution in [-0.4, -0.2) is 6.04 Å². The Hall–Kier alpha value is -0.310. The third kappa shape index (κ3) is 3.12. The van der Waals surface area contributed by atoms with E-state index in [4.69, 9.17) is 23.2 Å². The van der Waals surface area contributed by atoms with Crippen molar-refractivity contribution < 1.29 is 4.39 Å². The van der Waals surface area contributed by atoms with Gasteiger partial charge in [0.25, 0.3) is 0 Å². The van der Waals surface area contributed by atoms with Crippen LogP contribution < -0.4 is 5.32 Å². The van der Waals surface area contributed by atoms with Crippen molar-refractivity contribution in [2.24, 2.45) is 5.92 Å². The first-order valence-electron chi connectivity index (χ1n) is 5.89. The molecule has 1 aliphatic rings. The van der Waals surface area contributed by atoms with E-state index in [2.05, 4.69) is 12.2 Å². The van der Waals surface area contributed by atoms with Crippen LogP contribution in [0.3, 0.4) is 0 Å². The lowest BCUT2D eigenvalue weighted by atomic mass is 10.1. The zero-order chi connectivity index (χ0) is 12.6. The van der Waals surface area contributed by atoms with E-state index in [1.165, 1.54) is 25.0 Å². The lowest BCUT2D eigenvalue weighted by molar-refractivity contribution is 0.440. The summed E-state index contributed by atoms with van der Waals surface area (Å²) in [6.07, 6.45) is 2.56. The standard InChI is InChI=1S/C13H16Cl2FN/c1-7(9-3-4-9)17-8(2)10-5-13(16)12(15)6-11(10)14/h5-9,17H,3-4H2,1-2H3. The molecule has 2 atom stereocenters. The second-order valence-corrected chi connectivity index (χ2v) is 5.62. The second-order valence-electron chi connectivity index (χ2n) is 4.80. The van der Waals surface area contributed by atoms with Gasteiger partial charge in [0.2, 0.25) is 0 Å². The van der Waals surface area contributed by atoms with Crippen molar-refractivity contribution in [2.45, 2.75) is 38.8 Å². The Bertz CT molecular complexity index is 418. The molecule has 1 N–H and O–H groups in total. The normalized spacial score (nSPS) is 19.1. The molecule has 1 fully saturated rings. The largest absolute Gasteiger partial charge is 0.307 e. The molecule has 4 heteroatoms. The average Bonchev–Trinajstić information content (AvgIpc) is 3.06. The molecule has 0 amide bonds. The van der Waals surface area contributed by atoms with Gasteiger partial charge in [-0.05, 0) is 50.3 Å². The summed E-state index contributed by atoms with van der Waals surface area (Å²) in [6, 6.07) is 3.36. The summed E-state index contributed by atoms with van der Waals surface area (Å²) in [5.74, 6) is 0.340. The number of nitrogens with one attached hydrogen (secondary N) is 1. The summed E-state index contributed by atoms with van der Waals surface area (Å²) >= 11 is 11.8. The smallest absolute Gasteiger partial charge is 0.142 e. The third-order valence-electron chi connectivity index (χ3n) is 3.35. The van der Waals surface area contributed by atoms with Crippen LogP contribution in [0.1, 0.15) is 38.3 Å². The fourth-order valence-corrected chi connectivity index (χ4v) is 2.63. The van der Waals surface area contributed by atoms with Crippen LogP contribution in [0.5, 0.6) is 0 Å². The molecule has 0 heterocycles. The second kappa shape index (κ2) is 5.13. The Morgan fingerprint density at radius 3 is 2.47 bits per heavy atom. The SMILES string of the molecule is CC(NC(C)C1CC1)c1cc(F)c(Cl)cc1Cl. The molecule has 0 spiro atoms. The number of halogens is 3. The summed E-state index contributed by atoms with van der Waals surface area (Å²) in [5.41, 5.74) is 0.765. The van der Waals surface area contributed by atoms with Crippen molar-refractivity contribution >= 4 is 23.2 Å². The van der Waals surface area contributed by atoms with E-state index in [-0.39, 0.29) is 11.1 Å². The molecule has 0 radical (unpaired) electrons. The molecule has 1 aromatic rings. The molecule has 1 saturated carbocycles. The van der Waals surface area contributed by atoms with E-state index in [0.717, 1.165) is 11.5 Å². The first-order valence-corrected chi connectivity index (χ1v) is 6.65. The molecular weight excluding hydrogens is 260 g/mol. The molecule has 0 saturated heterocycles. The molecule has 0 aromatic heterocycles. The van der Waals surface area contributed by atoms with Gasteiger partial charge in [-0.1, -0.05) is 23.2 Å². The van der Waals surface area contributed by atoms with Crippen LogP contribution in [0.15, 0.2) is 12.1 Å². The van der Waals surface area contributed by atoms with Crippen LogP contribution in [0.4, 0.5) is 4.39 Å². The zero-order valence-electron chi connectivity index (χ0n) is 9.93. The Morgan fingerprint density at radius 1 is 1.24 bits per heavy atom. The summed E-state index contributed by atoms with van der Waals surface area (Å²) in [4.78, 5) is 0. The predicted octanol–water partition coefficient (Wildman–Crippen LogP) is 4.58. The van der Waals surface area contributed by atoms with Crippen LogP contribution in [0.25, 0.3) is 0 Å². The van der Waals surface area contributed by atoms with Gasteiger partial charge in [-0.25, -0.2) is 4.39 Å². The summed E-state index contributed by atoms with van der Waals surface area (Å²) in [5, 5.41) is 4.04. The first kappa shape index (κ1) is 13.1. The van der Waals surface area contributed by atoms with Crippen molar-refractivity contribution in [3.05, 3.63) is 33.6 Å². The lowest BCUT2D eigenvalue weighted by Crippen LogP contribution is -2.30. The van der Waals surface area contributed by atoms with Gasteiger partial charge in [-0.3, -0.25) is 0 Å². The maximum absolute atomic E-state index is 13.4. The van der Waals surface area contributed by atoms with Crippen molar-refractivity contribution in [3.63, 3.8) is 0 Å². The van der Waals surface area contributed by atoms with Gasteiger partial charge in [0.15, 0.2) is 0 Å². The minimum Gasteiger partial charge on any atom is -0.307 e. The fraction of sp³-hybridized carbons (Fsp3) is 0.538. The van der Waals surface area contributed by atoms with Gasteiger partial charge in [0.1, 0.15) is 5.82 Å². The Labute approximate surface area is 111 Å². The van der Waals surface area contributed by atoms with Crippen molar-refractivity contribution in [1.82, 2.24) is 5.32 Å². The quantitative estimate of drug-likeness (QED) is 0.793. The van der Waals surface area contributed by atoms with E-state index in [9.17, 15) is 4.39 Å². The van der Waals surface area contributed by atoms with Crippen LogP contribution >= 0.6 is 23.2 Å². The van der Waals surface area contributed by atoms with E-state index in [0.29, 0.717) is 11.1 Å². The summed E-state index contributed by atoms with van der Waals surface area (Å²) < 4.78 is 13.4. The van der Waals surface area contributed by atoms with Gasteiger partial charge < -0.3 is 5.32 Å². The summed E-state index contributed by atoms with van der Waals surface area (Å²) in [6.45, 7) is 4.15. The number of rotatable bonds is 4. The number of hydrogen-bond donors (Lipinski definition) is 1. The van der Waals surface area contributed by atoms with Gasteiger partial charge >= 0.3 is 0 Å². The van der Waals surface area contributed by atoms with E-state index in [1.54, 1.807) is 0 Å². The zero-order valence-corrected chi connectivity index (χ0v) is 11.4. The van der Waals surface area contributed by atoms with Gasteiger partial charge in [-0.2, -0.15) is 0 Å². The van der Waals surface area contributed by atoms with E-state index >= 15 is 0 Å². The van der Waals surface area contributed by atoms with E-state index < -0.39 is 5.82 Å². The number of hydrogen-bond acceptors (Lipinski definition) is 1. The maximum Gasteiger partial charge on any atom is 0.142 e. The minimum absolute atomic E-state index is 0.0323.